The molecule has 0 saturated heterocycles. The third-order valence-electron chi connectivity index (χ3n) is 1.63. The molecule has 1 aliphatic heterocycles. The van der Waals surface area contributed by atoms with Crippen LogP contribution in [0.3, 0.4) is 0 Å². The molecule has 2 rings (SSSR count). The Morgan fingerprint density at radius 1 is 1.50 bits per heavy atom. The van der Waals surface area contributed by atoms with Gasteiger partial charge in [0.15, 0.2) is 0 Å². The monoisotopic (exact) mass is 165 g/mol. The van der Waals surface area contributed by atoms with Gasteiger partial charge in [-0.05, 0) is 6.07 Å². The van der Waals surface area contributed by atoms with E-state index in [-0.39, 0.29) is 5.76 Å². The van der Waals surface area contributed by atoms with Crippen LogP contribution in [0.15, 0.2) is 24.7 Å². The third kappa shape index (κ3) is 0.876. The third-order valence-corrected chi connectivity index (χ3v) is 1.63. The van der Waals surface area contributed by atoms with Gasteiger partial charge in [0, 0.05) is 11.8 Å². The van der Waals surface area contributed by atoms with Crippen molar-refractivity contribution >= 4 is 11.4 Å². The van der Waals surface area contributed by atoms with E-state index >= 15 is 0 Å². The van der Waals surface area contributed by atoms with E-state index in [2.05, 4.69) is 10.4 Å². The molecule has 0 aromatic carbocycles. The Morgan fingerprint density at radius 2 is 2.33 bits per heavy atom. The molecule has 3 N–H and O–H groups in total. The lowest BCUT2D eigenvalue weighted by Crippen LogP contribution is -2.34. The topological polar surface area (TPSA) is 68.6 Å². The molecule has 0 unspecified atom stereocenters. The molecule has 12 heavy (non-hydrogen) atoms. The highest BCUT2D eigenvalue weighted by Gasteiger charge is 2.15. The maximum Gasteiger partial charge on any atom is 0.142 e. The molecule has 0 bridgehead atoms. The fraction of sp³-hybridized carbons (Fsp3) is 0. The molecule has 0 amide bonds. The van der Waals surface area contributed by atoms with E-state index in [4.69, 9.17) is 0 Å². The summed E-state index contributed by atoms with van der Waals surface area (Å²) in [6.45, 7) is 0. The first-order valence-corrected chi connectivity index (χ1v) is 3.38. The maximum absolute atomic E-state index is 9.31. The van der Waals surface area contributed by atoms with Crippen LogP contribution in [0.4, 0.5) is 5.69 Å². The summed E-state index contributed by atoms with van der Waals surface area (Å²) in [5, 5.41) is 19.3. The van der Waals surface area contributed by atoms with Gasteiger partial charge in [-0.2, -0.15) is 5.17 Å². The van der Waals surface area contributed by atoms with E-state index in [0.29, 0.717) is 11.3 Å². The average molecular weight is 165 g/mol. The fourth-order valence-electron chi connectivity index (χ4n) is 1.04. The molecule has 5 heteroatoms. The highest BCUT2D eigenvalue weighted by atomic mass is 16.5. The van der Waals surface area contributed by atoms with Crippen molar-refractivity contribution in [2.24, 2.45) is 0 Å². The first-order chi connectivity index (χ1) is 5.79. The molecule has 1 aromatic rings. The second-order valence-electron chi connectivity index (χ2n) is 2.36. The summed E-state index contributed by atoms with van der Waals surface area (Å²) >= 11 is 0. The lowest BCUT2D eigenvalue weighted by molar-refractivity contribution is 0.225. The molecule has 2 heterocycles. The largest absolute Gasteiger partial charge is 0.506 e. The van der Waals surface area contributed by atoms with E-state index in [1.807, 2.05) is 0 Å². The number of aromatic nitrogens is 1. The molecule has 0 fully saturated rings. The van der Waals surface area contributed by atoms with Gasteiger partial charge in [-0.1, -0.05) is 0 Å². The van der Waals surface area contributed by atoms with Crippen LogP contribution in [0.5, 0.6) is 0 Å². The van der Waals surface area contributed by atoms with Gasteiger partial charge in [-0.3, -0.25) is 15.6 Å². The van der Waals surface area contributed by atoms with Crippen molar-refractivity contribution in [3.8, 4) is 0 Å². The van der Waals surface area contributed by atoms with Crippen LogP contribution in [-0.4, -0.2) is 15.3 Å². The summed E-state index contributed by atoms with van der Waals surface area (Å²) in [6.07, 6.45) is 4.29. The van der Waals surface area contributed by atoms with Crippen LogP contribution in [0, 0.1) is 0 Å². The van der Waals surface area contributed by atoms with E-state index < -0.39 is 0 Å². The lowest BCUT2D eigenvalue weighted by atomic mass is 10.2. The summed E-state index contributed by atoms with van der Waals surface area (Å²) in [5.41, 5.74) is 3.40. The molecule has 0 radical (unpaired) electrons. The van der Waals surface area contributed by atoms with Crippen molar-refractivity contribution in [1.29, 1.82) is 0 Å². The minimum absolute atomic E-state index is 0.0812. The van der Waals surface area contributed by atoms with Gasteiger partial charge >= 0.3 is 0 Å². The van der Waals surface area contributed by atoms with Gasteiger partial charge < -0.3 is 5.11 Å². The number of nitrogens with zero attached hydrogens (tertiary/aromatic N) is 2. The van der Waals surface area contributed by atoms with Crippen LogP contribution < -0.4 is 10.6 Å². The highest BCUT2D eigenvalue weighted by Crippen LogP contribution is 2.25. The van der Waals surface area contributed by atoms with Gasteiger partial charge in [0.1, 0.15) is 11.4 Å². The highest BCUT2D eigenvalue weighted by molar-refractivity contribution is 5.72. The quantitative estimate of drug-likeness (QED) is 0.526. The Morgan fingerprint density at radius 3 is 3.08 bits per heavy atom. The zero-order valence-corrected chi connectivity index (χ0v) is 6.10. The van der Waals surface area contributed by atoms with Gasteiger partial charge in [-0.15, -0.1) is 0 Å². The molecule has 62 valence electrons. The molecular weight excluding hydrogens is 158 g/mol. The Bertz CT molecular complexity index is 337. The van der Waals surface area contributed by atoms with Crippen LogP contribution in [0.2, 0.25) is 0 Å². The smallest absolute Gasteiger partial charge is 0.142 e. The number of fused-ring (bicyclic) bond motifs is 1. The van der Waals surface area contributed by atoms with Crippen LogP contribution in [-0.2, 0) is 0 Å². The number of aliphatic hydroxyl groups is 1. The van der Waals surface area contributed by atoms with Crippen molar-refractivity contribution in [2.45, 2.75) is 0 Å². The van der Waals surface area contributed by atoms with Gasteiger partial charge in [-0.25, -0.2) is 0 Å². The lowest BCUT2D eigenvalue weighted by Gasteiger charge is -2.22. The number of nitrogens with one attached hydrogen (secondary N) is 1. The number of anilines is 1. The number of rotatable bonds is 0. The van der Waals surface area contributed by atoms with Crippen LogP contribution in [0.1, 0.15) is 5.56 Å². The maximum atomic E-state index is 9.31. The molecule has 0 aliphatic carbocycles. The summed E-state index contributed by atoms with van der Waals surface area (Å²) < 4.78 is 0. The predicted octanol–water partition coefficient (Wildman–Crippen LogP) is 0.652. The van der Waals surface area contributed by atoms with Crippen molar-refractivity contribution in [3.05, 3.63) is 30.2 Å². The molecule has 5 nitrogen and oxygen atoms in total. The first-order valence-electron chi connectivity index (χ1n) is 3.38. The number of pyridine rings is 1. The zero-order valence-electron chi connectivity index (χ0n) is 6.10. The van der Waals surface area contributed by atoms with Crippen molar-refractivity contribution in [3.63, 3.8) is 0 Å². The summed E-state index contributed by atoms with van der Waals surface area (Å²) in [5.74, 6) is 0.0812. The van der Waals surface area contributed by atoms with E-state index in [9.17, 15) is 10.3 Å². The van der Waals surface area contributed by atoms with Gasteiger partial charge in [0.05, 0.1) is 12.4 Å². The van der Waals surface area contributed by atoms with E-state index in [1.54, 1.807) is 12.3 Å². The molecule has 0 spiro atoms. The van der Waals surface area contributed by atoms with Crippen LogP contribution >= 0.6 is 0 Å². The van der Waals surface area contributed by atoms with Crippen LogP contribution in [0.25, 0.3) is 5.76 Å². The first kappa shape index (κ1) is 6.93. The molecule has 1 aliphatic rings. The summed E-state index contributed by atoms with van der Waals surface area (Å²) in [6, 6.07) is 1.62. The fourth-order valence-corrected chi connectivity index (χ4v) is 1.04. The summed E-state index contributed by atoms with van der Waals surface area (Å²) in [4.78, 5) is 3.80. The molecule has 1 aromatic heterocycles. The Kier molecular flexibility index (Phi) is 1.38. The van der Waals surface area contributed by atoms with Gasteiger partial charge in [0.2, 0.25) is 0 Å². The Hall–Kier alpha value is -1.75. The van der Waals surface area contributed by atoms with Gasteiger partial charge in [0.25, 0.3) is 0 Å². The minimum atomic E-state index is 0.0812. The van der Waals surface area contributed by atoms with E-state index in [1.165, 1.54) is 12.4 Å². The number of aliphatic hydroxyl groups excluding tert-OH is 1. The SMILES string of the molecule is OC1=CNN(O)c2cnccc21. The second-order valence-corrected chi connectivity index (χ2v) is 2.36. The van der Waals surface area contributed by atoms with E-state index in [0.717, 1.165) is 5.17 Å². The van der Waals surface area contributed by atoms with Crippen molar-refractivity contribution < 1.29 is 10.3 Å². The normalized spacial score (nSPS) is 14.8. The zero-order chi connectivity index (χ0) is 8.55. The average Bonchev–Trinajstić information content (AvgIpc) is 2.12. The molecule has 0 saturated carbocycles. The molecule has 0 atom stereocenters. The minimum Gasteiger partial charge on any atom is -0.506 e. The number of hydrogen-bond donors (Lipinski definition) is 3. The Labute approximate surface area is 68.5 Å². The predicted molar refractivity (Wildman–Crippen MR) is 42.2 cm³/mol. The number of hydrazine groups is 1. The number of hydrogen-bond acceptors (Lipinski definition) is 5. The van der Waals surface area contributed by atoms with Crippen molar-refractivity contribution in [1.82, 2.24) is 10.4 Å². The Balaban J connectivity index is 2.58. The summed E-state index contributed by atoms with van der Waals surface area (Å²) in [7, 11) is 0. The van der Waals surface area contributed by atoms with Crippen molar-refractivity contribution in [2.75, 3.05) is 5.17 Å². The second kappa shape index (κ2) is 2.38. The molecular formula is C7H7N3O2. The standard InChI is InChI=1S/C7H7N3O2/c11-7-4-9-10(12)6-3-8-2-1-5(6)7/h1-4,9,11-12H.